The van der Waals surface area contributed by atoms with Gasteiger partial charge in [0, 0.05) is 38.7 Å². The van der Waals surface area contributed by atoms with E-state index in [1.54, 1.807) is 0 Å². The van der Waals surface area contributed by atoms with Crippen molar-refractivity contribution in [2.24, 2.45) is 0 Å². The lowest BCUT2D eigenvalue weighted by Gasteiger charge is -2.13. The quantitative estimate of drug-likeness (QED) is 0.207. The van der Waals surface area contributed by atoms with E-state index in [2.05, 4.69) is 132 Å². The van der Waals surface area contributed by atoms with E-state index in [0.717, 1.165) is 71.8 Å². The molecule has 0 aliphatic heterocycles. The Morgan fingerprint density at radius 2 is 1.15 bits per heavy atom. The Hall–Kier alpha value is -6.26. The molecule has 0 saturated heterocycles. The summed E-state index contributed by atoms with van der Waals surface area (Å²) in [5.41, 5.74) is 6.81. The Balaban J connectivity index is 1.40. The number of fused-ring (bicyclic) bond motifs is 10. The van der Waals surface area contributed by atoms with E-state index >= 15 is 0 Å². The van der Waals surface area contributed by atoms with Gasteiger partial charge in [-0.1, -0.05) is 115 Å². The minimum Gasteiger partial charge on any atom is -0.455 e. The first-order chi connectivity index (χ1) is 22.8. The summed E-state index contributed by atoms with van der Waals surface area (Å²) in [6, 6.07) is 53.0. The number of furan rings is 1. The molecule has 0 atom stereocenters. The highest BCUT2D eigenvalue weighted by Crippen LogP contribution is 2.43. The van der Waals surface area contributed by atoms with Crippen LogP contribution in [0.2, 0.25) is 0 Å². The van der Waals surface area contributed by atoms with Crippen LogP contribution in [0.1, 0.15) is 0 Å². The molecule has 10 aromatic rings. The van der Waals surface area contributed by atoms with Gasteiger partial charge in [0.25, 0.3) is 0 Å². The van der Waals surface area contributed by atoms with Crippen LogP contribution in [0.15, 0.2) is 156 Å². The van der Waals surface area contributed by atoms with Crippen molar-refractivity contribution in [3.05, 3.63) is 152 Å². The molecule has 3 heterocycles. The van der Waals surface area contributed by atoms with Gasteiger partial charge in [-0.3, -0.25) is 4.57 Å². The first-order valence-electron chi connectivity index (χ1n) is 15.5. The first-order valence-corrected chi connectivity index (χ1v) is 15.5. The molecule has 214 valence electrons. The fraction of sp³-hybridized carbons (Fsp3) is 0. The van der Waals surface area contributed by atoms with E-state index in [1.165, 1.54) is 16.2 Å². The molecule has 0 amide bonds. The van der Waals surface area contributed by atoms with Crippen molar-refractivity contribution in [3.63, 3.8) is 0 Å². The first kappa shape index (κ1) is 25.1. The second-order valence-electron chi connectivity index (χ2n) is 11.8. The van der Waals surface area contributed by atoms with Crippen LogP contribution in [0.4, 0.5) is 0 Å². The molecule has 3 aromatic heterocycles. The Morgan fingerprint density at radius 1 is 0.478 bits per heavy atom. The lowest BCUT2D eigenvalue weighted by molar-refractivity contribution is 0.673. The highest BCUT2D eigenvalue weighted by atomic mass is 16.3. The second-order valence-corrected chi connectivity index (χ2v) is 11.8. The van der Waals surface area contributed by atoms with Crippen molar-refractivity contribution < 1.29 is 4.42 Å². The lowest BCUT2D eigenvalue weighted by atomic mass is 10.0. The molecule has 7 aromatic carbocycles. The maximum Gasteiger partial charge on any atom is 0.162 e. The third-order valence-electron chi connectivity index (χ3n) is 9.16. The molecule has 0 unspecified atom stereocenters. The molecule has 4 heteroatoms. The third kappa shape index (κ3) is 3.67. The van der Waals surface area contributed by atoms with Crippen LogP contribution in [-0.4, -0.2) is 14.5 Å². The van der Waals surface area contributed by atoms with Gasteiger partial charge in [-0.05, 0) is 46.5 Å². The number of rotatable bonds is 3. The lowest BCUT2D eigenvalue weighted by Crippen LogP contribution is -2.02. The maximum absolute atomic E-state index is 6.68. The molecule has 4 nitrogen and oxygen atoms in total. The van der Waals surface area contributed by atoms with Crippen molar-refractivity contribution in [3.8, 4) is 28.5 Å². The standard InChI is InChI=1S/C42H25N3O/c1-3-12-27(13-4-1)35-25-38(44-42(43-35)28-14-5-2-6-15-28)45-36-24-30-17-8-7-16-29(30)23-34(36)32-21-22-37-39(40(32)45)33-20-19-26-11-9-10-18-31(26)41(33)46-37/h1-25H. The van der Waals surface area contributed by atoms with E-state index in [4.69, 9.17) is 14.4 Å². The van der Waals surface area contributed by atoms with Gasteiger partial charge >= 0.3 is 0 Å². The van der Waals surface area contributed by atoms with E-state index in [-0.39, 0.29) is 0 Å². The summed E-state index contributed by atoms with van der Waals surface area (Å²) in [6.07, 6.45) is 0. The van der Waals surface area contributed by atoms with Gasteiger partial charge in [0.05, 0.1) is 22.1 Å². The molecule has 46 heavy (non-hydrogen) atoms. The molecule has 0 saturated carbocycles. The third-order valence-corrected chi connectivity index (χ3v) is 9.16. The highest BCUT2D eigenvalue weighted by Gasteiger charge is 2.22. The largest absolute Gasteiger partial charge is 0.455 e. The summed E-state index contributed by atoms with van der Waals surface area (Å²) in [4.78, 5) is 10.4. The molecule has 0 bridgehead atoms. The van der Waals surface area contributed by atoms with Gasteiger partial charge in [0.2, 0.25) is 0 Å². The zero-order valence-electron chi connectivity index (χ0n) is 24.7. The predicted octanol–water partition coefficient (Wildman–Crippen LogP) is 11.1. The van der Waals surface area contributed by atoms with Crippen LogP contribution >= 0.6 is 0 Å². The Kier molecular flexibility index (Phi) is 5.25. The molecule has 0 fully saturated rings. The maximum atomic E-state index is 6.68. The van der Waals surface area contributed by atoms with Crippen molar-refractivity contribution in [1.29, 1.82) is 0 Å². The van der Waals surface area contributed by atoms with Crippen LogP contribution < -0.4 is 0 Å². The monoisotopic (exact) mass is 587 g/mol. The molecule has 0 aliphatic rings. The number of benzene rings is 7. The van der Waals surface area contributed by atoms with Crippen molar-refractivity contribution in [2.45, 2.75) is 0 Å². The number of aromatic nitrogens is 3. The van der Waals surface area contributed by atoms with Crippen LogP contribution in [0.3, 0.4) is 0 Å². The fourth-order valence-electron chi connectivity index (χ4n) is 7.04. The zero-order chi connectivity index (χ0) is 30.2. The normalized spacial score (nSPS) is 11.9. The SMILES string of the molecule is c1ccc(-c2cc(-n3c4cc5ccccc5cc4c4ccc5oc6c7ccccc7ccc6c5c43)nc(-c3ccccc3)n2)cc1. The Morgan fingerprint density at radius 3 is 1.96 bits per heavy atom. The van der Waals surface area contributed by atoms with E-state index in [0.29, 0.717) is 5.82 Å². The van der Waals surface area contributed by atoms with Gasteiger partial charge in [-0.15, -0.1) is 0 Å². The van der Waals surface area contributed by atoms with Gasteiger partial charge in [0.1, 0.15) is 17.0 Å². The average Bonchev–Trinajstić information content (AvgIpc) is 3.67. The number of hydrogen-bond donors (Lipinski definition) is 0. The molecular formula is C42H25N3O. The summed E-state index contributed by atoms with van der Waals surface area (Å²) < 4.78 is 9.00. The average molecular weight is 588 g/mol. The van der Waals surface area contributed by atoms with Crippen LogP contribution in [0, 0.1) is 0 Å². The summed E-state index contributed by atoms with van der Waals surface area (Å²) in [5, 5.41) is 9.16. The van der Waals surface area contributed by atoms with E-state index in [1.807, 2.05) is 24.3 Å². The molecular weight excluding hydrogens is 562 g/mol. The van der Waals surface area contributed by atoms with Crippen LogP contribution in [0.5, 0.6) is 0 Å². The molecule has 0 aliphatic carbocycles. The molecule has 0 N–H and O–H groups in total. The van der Waals surface area contributed by atoms with Crippen LogP contribution in [-0.2, 0) is 0 Å². The van der Waals surface area contributed by atoms with Gasteiger partial charge < -0.3 is 4.42 Å². The summed E-state index contributed by atoms with van der Waals surface area (Å²) in [5.74, 6) is 1.49. The number of hydrogen-bond acceptors (Lipinski definition) is 3. The molecule has 10 rings (SSSR count). The summed E-state index contributed by atoms with van der Waals surface area (Å²) >= 11 is 0. The van der Waals surface area contributed by atoms with Crippen LogP contribution in [0.25, 0.3) is 93.8 Å². The topological polar surface area (TPSA) is 43.9 Å². The van der Waals surface area contributed by atoms with Crippen molar-refractivity contribution in [2.75, 3.05) is 0 Å². The van der Waals surface area contributed by atoms with Gasteiger partial charge in [-0.25, -0.2) is 9.97 Å². The van der Waals surface area contributed by atoms with Crippen molar-refractivity contribution in [1.82, 2.24) is 14.5 Å². The van der Waals surface area contributed by atoms with E-state index < -0.39 is 0 Å². The molecule has 0 radical (unpaired) electrons. The van der Waals surface area contributed by atoms with Crippen molar-refractivity contribution >= 4 is 65.3 Å². The summed E-state index contributed by atoms with van der Waals surface area (Å²) in [7, 11) is 0. The highest BCUT2D eigenvalue weighted by molar-refractivity contribution is 6.27. The smallest absolute Gasteiger partial charge is 0.162 e. The predicted molar refractivity (Wildman–Crippen MR) is 190 cm³/mol. The zero-order valence-corrected chi connectivity index (χ0v) is 24.7. The minimum atomic E-state index is 0.683. The number of nitrogens with zero attached hydrogens (tertiary/aromatic N) is 3. The summed E-state index contributed by atoms with van der Waals surface area (Å²) in [6.45, 7) is 0. The molecule has 0 spiro atoms. The Labute approximate surface area is 263 Å². The Bertz CT molecular complexity index is 2740. The van der Waals surface area contributed by atoms with Gasteiger partial charge in [-0.2, -0.15) is 0 Å². The second kappa shape index (κ2) is 9.62. The van der Waals surface area contributed by atoms with Gasteiger partial charge in [0.15, 0.2) is 5.82 Å². The minimum absolute atomic E-state index is 0.683. The fourth-order valence-corrected chi connectivity index (χ4v) is 7.04. The van der Waals surface area contributed by atoms with E-state index in [9.17, 15) is 0 Å².